The maximum Gasteiger partial charge on any atom is 0.269 e. The first-order valence-electron chi connectivity index (χ1n) is 8.70. The maximum absolute atomic E-state index is 12.6. The van der Waals surface area contributed by atoms with Crippen molar-refractivity contribution in [2.24, 2.45) is 0 Å². The Kier molecular flexibility index (Phi) is 5.88. The minimum absolute atomic E-state index is 0.0765. The summed E-state index contributed by atoms with van der Waals surface area (Å²) in [6, 6.07) is 15.0. The summed E-state index contributed by atoms with van der Waals surface area (Å²) in [6.07, 6.45) is 1.81. The van der Waals surface area contributed by atoms with Gasteiger partial charge in [0.05, 0.1) is 11.3 Å². The lowest BCUT2D eigenvalue weighted by Gasteiger charge is -2.16. The van der Waals surface area contributed by atoms with E-state index in [9.17, 15) is 18.0 Å². The lowest BCUT2D eigenvalue weighted by Crippen LogP contribution is -2.42. The van der Waals surface area contributed by atoms with E-state index in [1.54, 1.807) is 0 Å². The Morgan fingerprint density at radius 3 is 2.33 bits per heavy atom. The first-order chi connectivity index (χ1) is 13.0. The molecule has 1 fully saturated rings. The molecule has 0 atom stereocenters. The van der Waals surface area contributed by atoms with Gasteiger partial charge in [-0.25, -0.2) is 8.42 Å². The summed E-state index contributed by atoms with van der Waals surface area (Å²) in [6.45, 7) is 0.989. The fraction of sp³-hybridized carbons (Fsp3) is 0.263. The third-order valence-corrected chi connectivity index (χ3v) is 6.22. The molecule has 1 heterocycles. The van der Waals surface area contributed by atoms with Crippen LogP contribution in [0.15, 0.2) is 59.5 Å². The number of hydrazine groups is 1. The summed E-state index contributed by atoms with van der Waals surface area (Å²) < 4.78 is 26.6. The number of hydrogen-bond acceptors (Lipinski definition) is 4. The highest BCUT2D eigenvalue weighted by Gasteiger charge is 2.27. The molecular formula is C19H21N3O4S. The van der Waals surface area contributed by atoms with Crippen LogP contribution in [0.4, 0.5) is 0 Å². The molecular weight excluding hydrogens is 366 g/mol. The van der Waals surface area contributed by atoms with E-state index < -0.39 is 15.9 Å². The smallest absolute Gasteiger partial charge is 0.269 e. The van der Waals surface area contributed by atoms with Crippen LogP contribution >= 0.6 is 0 Å². The molecule has 0 spiro atoms. The minimum Gasteiger partial charge on any atom is -0.273 e. The highest BCUT2D eigenvalue weighted by Crippen LogP contribution is 2.21. The zero-order valence-corrected chi connectivity index (χ0v) is 15.5. The number of hydrogen-bond donors (Lipinski definition) is 2. The number of nitrogens with one attached hydrogen (secondary N) is 2. The SMILES string of the molecule is O=C(Cc1ccccc1)NNC(=O)c1cccc(S(=O)(=O)N2CCCC2)c1. The minimum atomic E-state index is -3.60. The second-order valence-corrected chi connectivity index (χ2v) is 8.24. The molecule has 0 bridgehead atoms. The van der Waals surface area contributed by atoms with Gasteiger partial charge in [-0.1, -0.05) is 36.4 Å². The molecule has 2 N–H and O–H groups in total. The Morgan fingerprint density at radius 2 is 1.63 bits per heavy atom. The normalized spacial score (nSPS) is 14.7. The molecule has 2 aromatic carbocycles. The van der Waals surface area contributed by atoms with Crippen LogP contribution in [-0.2, 0) is 21.2 Å². The zero-order valence-electron chi connectivity index (χ0n) is 14.7. The number of carbonyl (C=O) groups excluding carboxylic acids is 2. The second kappa shape index (κ2) is 8.32. The molecule has 0 aromatic heterocycles. The molecule has 0 radical (unpaired) electrons. The van der Waals surface area contributed by atoms with Crippen molar-refractivity contribution in [3.63, 3.8) is 0 Å². The predicted octanol–water partition coefficient (Wildman–Crippen LogP) is 1.47. The predicted molar refractivity (Wildman–Crippen MR) is 100 cm³/mol. The molecule has 1 saturated heterocycles. The van der Waals surface area contributed by atoms with Crippen LogP contribution in [0, 0.1) is 0 Å². The highest BCUT2D eigenvalue weighted by atomic mass is 32.2. The number of benzene rings is 2. The summed E-state index contributed by atoms with van der Waals surface area (Å²) in [4.78, 5) is 24.3. The highest BCUT2D eigenvalue weighted by molar-refractivity contribution is 7.89. The Labute approximate surface area is 158 Å². The Bertz CT molecular complexity index is 923. The van der Waals surface area contributed by atoms with E-state index in [2.05, 4.69) is 10.9 Å². The molecule has 27 heavy (non-hydrogen) atoms. The molecule has 7 nitrogen and oxygen atoms in total. The average molecular weight is 387 g/mol. The van der Waals surface area contributed by atoms with E-state index in [0.29, 0.717) is 13.1 Å². The van der Waals surface area contributed by atoms with Crippen molar-refractivity contribution in [2.45, 2.75) is 24.2 Å². The molecule has 0 aliphatic carbocycles. The van der Waals surface area contributed by atoms with Gasteiger partial charge >= 0.3 is 0 Å². The zero-order chi connectivity index (χ0) is 19.3. The van der Waals surface area contributed by atoms with Crippen molar-refractivity contribution in [1.82, 2.24) is 15.2 Å². The van der Waals surface area contributed by atoms with Gasteiger partial charge in [0, 0.05) is 18.7 Å². The van der Waals surface area contributed by atoms with E-state index in [1.165, 1.54) is 28.6 Å². The quantitative estimate of drug-likeness (QED) is 0.760. The Balaban J connectivity index is 1.62. The van der Waals surface area contributed by atoms with Crippen LogP contribution in [0.3, 0.4) is 0 Å². The molecule has 1 aliphatic heterocycles. The Morgan fingerprint density at radius 1 is 0.926 bits per heavy atom. The molecule has 8 heteroatoms. The average Bonchev–Trinajstić information content (AvgIpc) is 3.23. The van der Waals surface area contributed by atoms with Gasteiger partial charge in [0.15, 0.2) is 0 Å². The largest absolute Gasteiger partial charge is 0.273 e. The maximum atomic E-state index is 12.6. The van der Waals surface area contributed by atoms with E-state index >= 15 is 0 Å². The van der Waals surface area contributed by atoms with Gasteiger partial charge in [0.1, 0.15) is 0 Å². The van der Waals surface area contributed by atoms with Crippen LogP contribution in [0.5, 0.6) is 0 Å². The van der Waals surface area contributed by atoms with Crippen LogP contribution in [0.2, 0.25) is 0 Å². The van der Waals surface area contributed by atoms with E-state index in [0.717, 1.165) is 18.4 Å². The lowest BCUT2D eigenvalue weighted by atomic mass is 10.1. The van der Waals surface area contributed by atoms with Crippen LogP contribution in [-0.4, -0.2) is 37.6 Å². The summed E-state index contributed by atoms with van der Waals surface area (Å²) in [5.74, 6) is -0.940. The third-order valence-electron chi connectivity index (χ3n) is 4.32. The van der Waals surface area contributed by atoms with Crippen LogP contribution in [0.1, 0.15) is 28.8 Å². The van der Waals surface area contributed by atoms with E-state index in [1.807, 2.05) is 30.3 Å². The van der Waals surface area contributed by atoms with Gasteiger partial charge in [0.25, 0.3) is 5.91 Å². The first-order valence-corrected chi connectivity index (χ1v) is 10.1. The molecule has 3 rings (SSSR count). The molecule has 142 valence electrons. The van der Waals surface area contributed by atoms with Crippen LogP contribution in [0.25, 0.3) is 0 Å². The van der Waals surface area contributed by atoms with Crippen molar-refractivity contribution in [3.8, 4) is 0 Å². The summed E-state index contributed by atoms with van der Waals surface area (Å²) in [5, 5.41) is 0. The molecule has 2 amide bonds. The summed E-state index contributed by atoms with van der Waals surface area (Å²) in [5.41, 5.74) is 5.65. The van der Waals surface area contributed by atoms with E-state index in [-0.39, 0.29) is 22.8 Å². The number of amides is 2. The number of rotatable bonds is 5. The lowest BCUT2D eigenvalue weighted by molar-refractivity contribution is -0.121. The monoisotopic (exact) mass is 387 g/mol. The van der Waals surface area contributed by atoms with Crippen molar-refractivity contribution in [3.05, 3.63) is 65.7 Å². The number of sulfonamides is 1. The van der Waals surface area contributed by atoms with Crippen molar-refractivity contribution >= 4 is 21.8 Å². The topological polar surface area (TPSA) is 95.6 Å². The van der Waals surface area contributed by atoms with Gasteiger partial charge in [0.2, 0.25) is 15.9 Å². The number of carbonyl (C=O) groups is 2. The van der Waals surface area contributed by atoms with E-state index in [4.69, 9.17) is 0 Å². The first kappa shape index (κ1) is 19.1. The summed E-state index contributed by atoms with van der Waals surface area (Å²) >= 11 is 0. The fourth-order valence-electron chi connectivity index (χ4n) is 2.90. The van der Waals surface area contributed by atoms with Gasteiger partial charge in [-0.2, -0.15) is 4.31 Å². The molecule has 1 aliphatic rings. The van der Waals surface area contributed by atoms with Gasteiger partial charge < -0.3 is 0 Å². The third kappa shape index (κ3) is 4.72. The molecule has 0 saturated carbocycles. The van der Waals surface area contributed by atoms with Crippen molar-refractivity contribution in [2.75, 3.05) is 13.1 Å². The van der Waals surface area contributed by atoms with Gasteiger partial charge in [-0.05, 0) is 36.6 Å². The fourth-order valence-corrected chi connectivity index (χ4v) is 4.46. The second-order valence-electron chi connectivity index (χ2n) is 6.30. The Hall–Kier alpha value is -2.71. The summed E-state index contributed by atoms with van der Waals surface area (Å²) in [7, 11) is -3.60. The van der Waals surface area contributed by atoms with Crippen molar-refractivity contribution < 1.29 is 18.0 Å². The van der Waals surface area contributed by atoms with Crippen LogP contribution < -0.4 is 10.9 Å². The number of nitrogens with zero attached hydrogens (tertiary/aromatic N) is 1. The van der Waals surface area contributed by atoms with Crippen molar-refractivity contribution in [1.29, 1.82) is 0 Å². The molecule has 0 unspecified atom stereocenters. The standard InChI is InChI=1S/C19H21N3O4S/c23-18(13-15-7-2-1-3-8-15)20-21-19(24)16-9-6-10-17(14-16)27(25,26)22-11-4-5-12-22/h1-3,6-10,14H,4-5,11-13H2,(H,20,23)(H,21,24). The van der Waals surface area contributed by atoms with Gasteiger partial charge in [-0.3, -0.25) is 20.4 Å². The molecule has 2 aromatic rings. The van der Waals surface area contributed by atoms with Gasteiger partial charge in [-0.15, -0.1) is 0 Å².